The quantitative estimate of drug-likeness (QED) is 0.900. The van der Waals surface area contributed by atoms with E-state index in [1.54, 1.807) is 0 Å². The van der Waals surface area contributed by atoms with Gasteiger partial charge in [0.05, 0.1) is 5.92 Å². The van der Waals surface area contributed by atoms with Gasteiger partial charge in [-0.25, -0.2) is 0 Å². The lowest BCUT2D eigenvalue weighted by molar-refractivity contribution is -0.138. The van der Waals surface area contributed by atoms with Crippen LogP contribution in [0, 0.1) is 12.8 Å². The van der Waals surface area contributed by atoms with Gasteiger partial charge in [-0.2, -0.15) is 0 Å². The summed E-state index contributed by atoms with van der Waals surface area (Å²) in [6, 6.07) is 16.7. The molecule has 1 aliphatic rings. The highest BCUT2D eigenvalue weighted by Crippen LogP contribution is 2.47. The number of carboxylic acids is 1. The molecular weight excluding hydrogens is 236 g/mol. The number of hydrogen-bond donors (Lipinski definition) is 1. The van der Waals surface area contributed by atoms with Crippen molar-refractivity contribution in [1.82, 2.24) is 0 Å². The summed E-state index contributed by atoms with van der Waals surface area (Å²) < 4.78 is 0. The molecule has 2 atom stereocenters. The Balaban J connectivity index is 1.82. The van der Waals surface area contributed by atoms with Crippen LogP contribution in [0.5, 0.6) is 0 Å². The number of aryl methyl sites for hydroxylation is 1. The van der Waals surface area contributed by atoms with E-state index in [9.17, 15) is 4.79 Å². The Kier molecular flexibility index (Phi) is 2.86. The van der Waals surface area contributed by atoms with Crippen molar-refractivity contribution >= 4 is 5.97 Å². The predicted molar refractivity (Wildman–Crippen MR) is 75.1 cm³/mol. The Bertz CT molecular complexity index is 613. The highest BCUT2D eigenvalue weighted by Gasteiger charge is 2.43. The average molecular weight is 252 g/mol. The van der Waals surface area contributed by atoms with Crippen LogP contribution in [-0.4, -0.2) is 11.1 Å². The summed E-state index contributed by atoms with van der Waals surface area (Å²) in [5.41, 5.74) is 4.77. The fourth-order valence-corrected chi connectivity index (χ4v) is 2.58. The number of aliphatic carboxylic acids is 1. The zero-order chi connectivity index (χ0) is 13.4. The molecule has 0 aliphatic heterocycles. The number of benzene rings is 2. The van der Waals surface area contributed by atoms with Gasteiger partial charge in [0, 0.05) is 0 Å². The number of carboxylic acid groups (broad SMARTS) is 1. The molecule has 19 heavy (non-hydrogen) atoms. The second-order valence-electron chi connectivity index (χ2n) is 5.28. The van der Waals surface area contributed by atoms with E-state index in [0.717, 1.165) is 12.0 Å². The van der Waals surface area contributed by atoms with Gasteiger partial charge in [-0.3, -0.25) is 4.79 Å². The zero-order valence-electron chi connectivity index (χ0n) is 10.8. The highest BCUT2D eigenvalue weighted by molar-refractivity contribution is 5.75. The third kappa shape index (κ3) is 2.39. The van der Waals surface area contributed by atoms with Gasteiger partial charge in [-0.05, 0) is 36.0 Å². The fourth-order valence-electron chi connectivity index (χ4n) is 2.58. The van der Waals surface area contributed by atoms with Crippen LogP contribution in [0.15, 0.2) is 48.5 Å². The van der Waals surface area contributed by atoms with Crippen molar-refractivity contribution in [2.24, 2.45) is 5.92 Å². The third-order valence-corrected chi connectivity index (χ3v) is 3.80. The predicted octanol–water partition coefficient (Wildman–Crippen LogP) is 3.85. The molecule has 1 N–H and O–H groups in total. The van der Waals surface area contributed by atoms with Crippen molar-refractivity contribution in [3.63, 3.8) is 0 Å². The summed E-state index contributed by atoms with van der Waals surface area (Å²) in [4.78, 5) is 10.9. The second kappa shape index (κ2) is 4.54. The lowest BCUT2D eigenvalue weighted by atomic mass is 10.0. The smallest absolute Gasteiger partial charge is 0.307 e. The van der Waals surface area contributed by atoms with E-state index >= 15 is 0 Å². The molecule has 2 heteroatoms. The van der Waals surface area contributed by atoms with Crippen LogP contribution in [-0.2, 0) is 4.79 Å². The molecule has 2 aromatic carbocycles. The molecule has 3 rings (SSSR count). The topological polar surface area (TPSA) is 37.3 Å². The van der Waals surface area contributed by atoms with Crippen molar-refractivity contribution < 1.29 is 9.90 Å². The summed E-state index contributed by atoms with van der Waals surface area (Å²) in [5, 5.41) is 8.95. The van der Waals surface area contributed by atoms with Crippen LogP contribution in [0.4, 0.5) is 0 Å². The zero-order valence-corrected chi connectivity index (χ0v) is 10.8. The fraction of sp³-hybridized carbons (Fsp3) is 0.235. The van der Waals surface area contributed by atoms with Crippen molar-refractivity contribution in [1.29, 1.82) is 0 Å². The van der Waals surface area contributed by atoms with Gasteiger partial charge in [-0.15, -0.1) is 0 Å². The van der Waals surface area contributed by atoms with E-state index < -0.39 is 5.97 Å². The molecule has 1 fully saturated rings. The van der Waals surface area contributed by atoms with E-state index in [2.05, 4.69) is 55.5 Å². The number of rotatable bonds is 3. The molecule has 2 aromatic rings. The van der Waals surface area contributed by atoms with Crippen LogP contribution in [0.1, 0.15) is 23.5 Å². The van der Waals surface area contributed by atoms with Gasteiger partial charge in [0.1, 0.15) is 0 Å². The molecule has 0 radical (unpaired) electrons. The number of hydrogen-bond acceptors (Lipinski definition) is 1. The Hall–Kier alpha value is -2.09. The normalized spacial score (nSPS) is 21.1. The maximum Gasteiger partial charge on any atom is 0.307 e. The van der Waals surface area contributed by atoms with E-state index in [1.807, 2.05) is 0 Å². The van der Waals surface area contributed by atoms with Gasteiger partial charge in [0.2, 0.25) is 0 Å². The summed E-state index contributed by atoms with van der Waals surface area (Å²) in [6.45, 7) is 2.08. The molecular formula is C17H16O2. The SMILES string of the molecule is Cc1cccc(-c2ccc(C3CC3C(=O)O)cc2)c1. The van der Waals surface area contributed by atoms with Gasteiger partial charge in [-0.1, -0.05) is 54.1 Å². The summed E-state index contributed by atoms with van der Waals surface area (Å²) in [6.07, 6.45) is 0.777. The molecule has 2 unspecified atom stereocenters. The first kappa shape index (κ1) is 12.0. The molecule has 1 saturated carbocycles. The van der Waals surface area contributed by atoms with E-state index in [-0.39, 0.29) is 11.8 Å². The Labute approximate surface area is 112 Å². The first-order valence-corrected chi connectivity index (χ1v) is 6.55. The molecule has 0 heterocycles. The van der Waals surface area contributed by atoms with Gasteiger partial charge < -0.3 is 5.11 Å². The molecule has 1 aliphatic carbocycles. The average Bonchev–Trinajstić information content (AvgIpc) is 3.19. The van der Waals surface area contributed by atoms with Gasteiger partial charge in [0.15, 0.2) is 0 Å². The van der Waals surface area contributed by atoms with Crippen LogP contribution < -0.4 is 0 Å². The Morgan fingerprint density at radius 2 is 1.84 bits per heavy atom. The second-order valence-corrected chi connectivity index (χ2v) is 5.28. The molecule has 0 spiro atoms. The molecule has 0 saturated heterocycles. The minimum absolute atomic E-state index is 0.176. The van der Waals surface area contributed by atoms with Crippen LogP contribution in [0.3, 0.4) is 0 Å². The molecule has 96 valence electrons. The Morgan fingerprint density at radius 1 is 1.11 bits per heavy atom. The van der Waals surface area contributed by atoms with E-state index in [1.165, 1.54) is 16.7 Å². The molecule has 0 bridgehead atoms. The first-order valence-electron chi connectivity index (χ1n) is 6.55. The summed E-state index contributed by atoms with van der Waals surface area (Å²) in [5.74, 6) is -0.637. The minimum Gasteiger partial charge on any atom is -0.481 e. The summed E-state index contributed by atoms with van der Waals surface area (Å²) >= 11 is 0. The molecule has 0 amide bonds. The maximum absolute atomic E-state index is 10.9. The van der Waals surface area contributed by atoms with Crippen LogP contribution in [0.25, 0.3) is 11.1 Å². The van der Waals surface area contributed by atoms with Gasteiger partial charge in [0.25, 0.3) is 0 Å². The molecule has 0 aromatic heterocycles. The van der Waals surface area contributed by atoms with Crippen LogP contribution in [0.2, 0.25) is 0 Å². The van der Waals surface area contributed by atoms with E-state index in [4.69, 9.17) is 5.11 Å². The van der Waals surface area contributed by atoms with Gasteiger partial charge >= 0.3 is 5.97 Å². The van der Waals surface area contributed by atoms with Crippen molar-refractivity contribution in [2.45, 2.75) is 19.3 Å². The standard InChI is InChI=1S/C17H16O2/c1-11-3-2-4-14(9-11)12-5-7-13(8-6-12)15-10-16(15)17(18)19/h2-9,15-16H,10H2,1H3,(H,18,19). The third-order valence-electron chi connectivity index (χ3n) is 3.80. The van der Waals surface area contributed by atoms with Crippen molar-refractivity contribution in [3.8, 4) is 11.1 Å². The van der Waals surface area contributed by atoms with Crippen LogP contribution >= 0.6 is 0 Å². The monoisotopic (exact) mass is 252 g/mol. The highest BCUT2D eigenvalue weighted by atomic mass is 16.4. The number of carbonyl (C=O) groups is 1. The Morgan fingerprint density at radius 3 is 2.42 bits per heavy atom. The first-order chi connectivity index (χ1) is 9.15. The minimum atomic E-state index is -0.673. The van der Waals surface area contributed by atoms with Crippen molar-refractivity contribution in [3.05, 3.63) is 59.7 Å². The summed E-state index contributed by atoms with van der Waals surface area (Å²) in [7, 11) is 0. The molecule has 2 nitrogen and oxygen atoms in total. The van der Waals surface area contributed by atoms with Crippen molar-refractivity contribution in [2.75, 3.05) is 0 Å². The lowest BCUT2D eigenvalue weighted by Crippen LogP contribution is -1.98. The van der Waals surface area contributed by atoms with E-state index in [0.29, 0.717) is 0 Å². The maximum atomic E-state index is 10.9. The largest absolute Gasteiger partial charge is 0.481 e. The lowest BCUT2D eigenvalue weighted by Gasteiger charge is -2.05.